The summed E-state index contributed by atoms with van der Waals surface area (Å²) in [6.07, 6.45) is 1.29. The first-order chi connectivity index (χ1) is 12.4. The number of benzene rings is 2. The Kier molecular flexibility index (Phi) is 6.53. The van der Waals surface area contributed by atoms with Crippen molar-refractivity contribution in [2.75, 3.05) is 12.4 Å². The van der Waals surface area contributed by atoms with E-state index in [4.69, 9.17) is 16.3 Å². The average molecular weight is 379 g/mol. The second kappa shape index (κ2) is 8.83. The minimum absolute atomic E-state index is 0.0443. The van der Waals surface area contributed by atoms with E-state index >= 15 is 0 Å². The van der Waals surface area contributed by atoms with Crippen LogP contribution >= 0.6 is 11.6 Å². The van der Waals surface area contributed by atoms with E-state index in [9.17, 15) is 18.8 Å². The van der Waals surface area contributed by atoms with Gasteiger partial charge in [-0.1, -0.05) is 29.8 Å². The summed E-state index contributed by atoms with van der Waals surface area (Å²) in [7, 11) is 1.29. The van der Waals surface area contributed by atoms with Crippen molar-refractivity contribution in [1.29, 1.82) is 5.26 Å². The highest BCUT2D eigenvalue weighted by Crippen LogP contribution is 2.30. The van der Waals surface area contributed by atoms with Gasteiger partial charge in [-0.05, 0) is 35.9 Å². The molecule has 1 amide bonds. The Bertz CT molecular complexity index is 879. The van der Waals surface area contributed by atoms with Gasteiger partial charge in [-0.15, -0.1) is 0 Å². The number of hydrogen-bond donors (Lipinski definition) is 1. The summed E-state index contributed by atoms with van der Waals surface area (Å²) in [5.41, 5.74) is 0.558. The molecule has 0 spiro atoms. The van der Waals surface area contributed by atoms with E-state index < -0.39 is 12.5 Å². The number of para-hydroxylation sites is 1. The minimum Gasteiger partial charge on any atom is -0.493 e. The van der Waals surface area contributed by atoms with Crippen LogP contribution < -0.4 is 14.8 Å². The maximum absolute atomic E-state index is 12.4. The molecule has 8 heteroatoms. The lowest BCUT2D eigenvalue weighted by Crippen LogP contribution is -2.13. The number of alkyl halides is 2. The molecule has 0 bridgehead atoms. The van der Waals surface area contributed by atoms with E-state index in [-0.39, 0.29) is 17.1 Å². The zero-order valence-electron chi connectivity index (χ0n) is 13.5. The number of carbonyl (C=O) groups excluding carboxylic acids is 1. The third-order valence-electron chi connectivity index (χ3n) is 3.20. The van der Waals surface area contributed by atoms with Crippen LogP contribution in [0.2, 0.25) is 5.02 Å². The number of nitrogens with one attached hydrogen (secondary N) is 1. The molecule has 0 heterocycles. The van der Waals surface area contributed by atoms with E-state index in [2.05, 4.69) is 10.1 Å². The Labute approximate surface area is 153 Å². The molecule has 134 valence electrons. The molecule has 0 saturated heterocycles. The van der Waals surface area contributed by atoms with Gasteiger partial charge < -0.3 is 14.8 Å². The number of halogens is 3. The first-order valence-corrected chi connectivity index (χ1v) is 7.63. The molecule has 0 unspecified atom stereocenters. The van der Waals surface area contributed by atoms with Crippen LogP contribution in [0.5, 0.6) is 11.5 Å². The Hall–Kier alpha value is -3.11. The maximum Gasteiger partial charge on any atom is 0.387 e. The predicted molar refractivity (Wildman–Crippen MR) is 93.3 cm³/mol. The molecule has 2 rings (SSSR count). The molecule has 0 saturated carbocycles. The van der Waals surface area contributed by atoms with Crippen LogP contribution in [0.3, 0.4) is 0 Å². The molecule has 0 aliphatic carbocycles. The van der Waals surface area contributed by atoms with Crippen molar-refractivity contribution in [2.24, 2.45) is 0 Å². The second-order valence-corrected chi connectivity index (χ2v) is 5.30. The summed E-state index contributed by atoms with van der Waals surface area (Å²) in [4.78, 5) is 12.3. The van der Waals surface area contributed by atoms with E-state index in [1.807, 2.05) is 0 Å². The van der Waals surface area contributed by atoms with Crippen molar-refractivity contribution in [3.05, 3.63) is 58.6 Å². The monoisotopic (exact) mass is 378 g/mol. The number of hydrogen-bond acceptors (Lipinski definition) is 4. The smallest absolute Gasteiger partial charge is 0.387 e. The van der Waals surface area contributed by atoms with Gasteiger partial charge in [-0.3, -0.25) is 4.79 Å². The molecule has 26 heavy (non-hydrogen) atoms. The third kappa shape index (κ3) is 4.94. The van der Waals surface area contributed by atoms with E-state index in [1.165, 1.54) is 31.4 Å². The Morgan fingerprint density at radius 2 is 2.00 bits per heavy atom. The van der Waals surface area contributed by atoms with Crippen LogP contribution in [0, 0.1) is 11.3 Å². The van der Waals surface area contributed by atoms with Crippen LogP contribution in [0.1, 0.15) is 5.56 Å². The Morgan fingerprint density at radius 1 is 1.27 bits per heavy atom. The highest BCUT2D eigenvalue weighted by molar-refractivity contribution is 6.34. The molecule has 0 aliphatic rings. The fourth-order valence-corrected chi connectivity index (χ4v) is 2.22. The molecule has 0 aromatic heterocycles. The zero-order chi connectivity index (χ0) is 19.1. The van der Waals surface area contributed by atoms with Gasteiger partial charge in [0.15, 0.2) is 11.5 Å². The summed E-state index contributed by atoms with van der Waals surface area (Å²) in [6, 6.07) is 12.4. The summed E-state index contributed by atoms with van der Waals surface area (Å²) in [5, 5.41) is 12.1. The number of carbonyl (C=O) groups is 1. The number of amides is 1. The number of rotatable bonds is 6. The molecule has 5 nitrogen and oxygen atoms in total. The van der Waals surface area contributed by atoms with Crippen LogP contribution in [-0.4, -0.2) is 19.6 Å². The van der Waals surface area contributed by atoms with Gasteiger partial charge in [-0.25, -0.2) is 0 Å². The SMILES string of the molecule is COc1cc(/C=C(\C#N)C(=O)Nc2ccccc2Cl)ccc1OC(F)F. The van der Waals surface area contributed by atoms with Gasteiger partial charge in [0, 0.05) is 0 Å². The number of anilines is 1. The van der Waals surface area contributed by atoms with Gasteiger partial charge >= 0.3 is 6.61 Å². The molecule has 1 N–H and O–H groups in total. The highest BCUT2D eigenvalue weighted by atomic mass is 35.5. The van der Waals surface area contributed by atoms with Gasteiger partial charge in [0.2, 0.25) is 0 Å². The Morgan fingerprint density at radius 3 is 2.62 bits per heavy atom. The van der Waals surface area contributed by atoms with Gasteiger partial charge in [-0.2, -0.15) is 14.0 Å². The molecule has 2 aromatic carbocycles. The zero-order valence-corrected chi connectivity index (χ0v) is 14.3. The largest absolute Gasteiger partial charge is 0.493 e. The highest BCUT2D eigenvalue weighted by Gasteiger charge is 2.14. The molecular formula is C18H13ClF2N2O3. The minimum atomic E-state index is -3.00. The molecule has 0 aliphatic heterocycles. The van der Waals surface area contributed by atoms with Crippen molar-refractivity contribution >= 4 is 29.3 Å². The van der Waals surface area contributed by atoms with Gasteiger partial charge in [0.05, 0.1) is 17.8 Å². The van der Waals surface area contributed by atoms with Crippen molar-refractivity contribution in [2.45, 2.75) is 6.61 Å². The number of ether oxygens (including phenoxy) is 2. The normalized spacial score (nSPS) is 11.0. The summed E-state index contributed by atoms with van der Waals surface area (Å²) < 4.78 is 34.0. The number of nitriles is 1. The van der Waals surface area contributed by atoms with Gasteiger partial charge in [0.25, 0.3) is 5.91 Å². The van der Waals surface area contributed by atoms with Crippen molar-refractivity contribution in [1.82, 2.24) is 0 Å². The molecule has 2 aromatic rings. The predicted octanol–water partition coefficient (Wildman–Crippen LogP) is 4.50. The molecule has 0 fully saturated rings. The van der Waals surface area contributed by atoms with E-state index in [1.54, 1.807) is 30.3 Å². The fraction of sp³-hybridized carbons (Fsp3) is 0.111. The van der Waals surface area contributed by atoms with Crippen LogP contribution in [0.25, 0.3) is 6.08 Å². The number of methoxy groups -OCH3 is 1. The summed E-state index contributed by atoms with van der Waals surface area (Å²) in [5.74, 6) is -0.769. The van der Waals surface area contributed by atoms with Crippen molar-refractivity contribution in [3.63, 3.8) is 0 Å². The first-order valence-electron chi connectivity index (χ1n) is 7.25. The topological polar surface area (TPSA) is 71.3 Å². The van der Waals surface area contributed by atoms with E-state index in [0.717, 1.165) is 0 Å². The Balaban J connectivity index is 2.26. The molecule has 0 radical (unpaired) electrons. The fourth-order valence-electron chi connectivity index (χ4n) is 2.03. The maximum atomic E-state index is 12.4. The summed E-state index contributed by atoms with van der Waals surface area (Å²) >= 11 is 5.97. The average Bonchev–Trinajstić information content (AvgIpc) is 2.62. The lowest BCUT2D eigenvalue weighted by Gasteiger charge is -2.10. The molecule has 0 atom stereocenters. The van der Waals surface area contributed by atoms with Crippen molar-refractivity contribution < 1.29 is 23.0 Å². The lowest BCUT2D eigenvalue weighted by molar-refractivity contribution is -0.112. The lowest BCUT2D eigenvalue weighted by atomic mass is 10.1. The van der Waals surface area contributed by atoms with E-state index in [0.29, 0.717) is 16.3 Å². The van der Waals surface area contributed by atoms with Crippen LogP contribution in [-0.2, 0) is 4.79 Å². The third-order valence-corrected chi connectivity index (χ3v) is 3.53. The summed E-state index contributed by atoms with van der Waals surface area (Å²) in [6.45, 7) is -3.00. The van der Waals surface area contributed by atoms with Gasteiger partial charge in [0.1, 0.15) is 11.6 Å². The second-order valence-electron chi connectivity index (χ2n) is 4.89. The van der Waals surface area contributed by atoms with Crippen LogP contribution in [0.15, 0.2) is 48.0 Å². The van der Waals surface area contributed by atoms with Crippen molar-refractivity contribution in [3.8, 4) is 17.6 Å². The standard InChI is InChI=1S/C18H13ClF2N2O3/c1-25-16-9-11(6-7-15(16)26-18(20)21)8-12(10-22)17(24)23-14-5-3-2-4-13(14)19/h2-9,18H,1H3,(H,23,24)/b12-8+. The number of nitrogens with zero attached hydrogens (tertiary/aromatic N) is 1. The van der Waals surface area contributed by atoms with Crippen LogP contribution in [0.4, 0.5) is 14.5 Å². The quantitative estimate of drug-likeness (QED) is 0.593. The molecular weight excluding hydrogens is 366 g/mol. The first kappa shape index (κ1) is 19.2.